The minimum Gasteiger partial charge on any atom is -0.378 e. The molecule has 0 bridgehead atoms. The van der Waals surface area contributed by atoms with E-state index >= 15 is 0 Å². The Morgan fingerprint density at radius 1 is 1.00 bits per heavy atom. The molecule has 3 rings (SSSR count). The van der Waals surface area contributed by atoms with Crippen LogP contribution in [0.15, 0.2) is 36.4 Å². The summed E-state index contributed by atoms with van der Waals surface area (Å²) < 4.78 is 0. The molecule has 1 nitrogen and oxygen atoms in total. The van der Waals surface area contributed by atoms with Gasteiger partial charge in [-0.1, -0.05) is 68.2 Å². The maximum absolute atomic E-state index is 6.10. The van der Waals surface area contributed by atoms with Crippen molar-refractivity contribution in [1.29, 1.82) is 0 Å². The molecule has 1 heterocycles. The van der Waals surface area contributed by atoms with Crippen LogP contribution >= 0.6 is 23.2 Å². The number of hydrogen-bond donors (Lipinski definition) is 1. The van der Waals surface area contributed by atoms with Crippen molar-refractivity contribution in [2.24, 2.45) is 0 Å². The van der Waals surface area contributed by atoms with Crippen molar-refractivity contribution in [3.05, 3.63) is 63.1 Å². The molecule has 2 aromatic rings. The summed E-state index contributed by atoms with van der Waals surface area (Å²) in [5.74, 6) is 0. The molecule has 1 aliphatic heterocycles. The van der Waals surface area contributed by atoms with Crippen LogP contribution in [0.3, 0.4) is 0 Å². The molecule has 0 spiro atoms. The Labute approximate surface area is 136 Å². The molecule has 1 aliphatic rings. The maximum atomic E-state index is 6.10. The Hall–Kier alpha value is -1.18. The molecule has 1 atom stereocenters. The monoisotopic (exact) mass is 319 g/mol. The number of hydrogen-bond acceptors (Lipinski definition) is 1. The lowest BCUT2D eigenvalue weighted by Gasteiger charge is -2.20. The van der Waals surface area contributed by atoms with Crippen molar-refractivity contribution in [3.8, 4) is 0 Å². The van der Waals surface area contributed by atoms with Crippen molar-refractivity contribution in [1.82, 2.24) is 0 Å². The zero-order valence-electron chi connectivity index (χ0n) is 12.5. The molecule has 0 saturated carbocycles. The topological polar surface area (TPSA) is 12.0 Å². The van der Waals surface area contributed by atoms with Gasteiger partial charge >= 0.3 is 0 Å². The van der Waals surface area contributed by atoms with Gasteiger partial charge in [0.2, 0.25) is 0 Å². The number of fused-ring (bicyclic) bond motifs is 1. The lowest BCUT2D eigenvalue weighted by Crippen LogP contribution is -2.12. The predicted molar refractivity (Wildman–Crippen MR) is 91.7 cm³/mol. The summed E-state index contributed by atoms with van der Waals surface area (Å²) in [5, 5.41) is 4.76. The summed E-state index contributed by atoms with van der Waals surface area (Å²) in [6, 6.07) is 13.1. The molecule has 1 N–H and O–H groups in total. The average Bonchev–Trinajstić information content (AvgIpc) is 2.81. The first kappa shape index (κ1) is 14.7. The van der Waals surface area contributed by atoms with E-state index in [-0.39, 0.29) is 5.41 Å². The van der Waals surface area contributed by atoms with Crippen LogP contribution in [-0.2, 0) is 11.8 Å². The van der Waals surface area contributed by atoms with Crippen molar-refractivity contribution in [2.45, 2.75) is 38.6 Å². The summed E-state index contributed by atoms with van der Waals surface area (Å²) in [6.45, 7) is 6.70. The van der Waals surface area contributed by atoms with Crippen LogP contribution < -0.4 is 5.32 Å². The second-order valence-electron chi connectivity index (χ2n) is 6.70. The molecule has 110 valence electrons. The molecule has 0 aliphatic carbocycles. The van der Waals surface area contributed by atoms with Gasteiger partial charge in [0.15, 0.2) is 0 Å². The second-order valence-corrected chi connectivity index (χ2v) is 7.51. The molecule has 2 aromatic carbocycles. The Bertz CT molecular complexity index is 638. The highest BCUT2D eigenvalue weighted by Gasteiger charge is 2.23. The van der Waals surface area contributed by atoms with E-state index < -0.39 is 0 Å². The second kappa shape index (κ2) is 5.23. The molecule has 0 radical (unpaired) electrons. The van der Waals surface area contributed by atoms with Gasteiger partial charge in [0.05, 0.1) is 16.1 Å². The summed E-state index contributed by atoms with van der Waals surface area (Å²) in [4.78, 5) is 0. The zero-order valence-corrected chi connectivity index (χ0v) is 14.0. The first-order valence-corrected chi connectivity index (χ1v) is 7.95. The summed E-state index contributed by atoms with van der Waals surface area (Å²) in [6.07, 6.45) is 0.946. The fourth-order valence-corrected chi connectivity index (χ4v) is 3.12. The Morgan fingerprint density at radius 3 is 2.24 bits per heavy atom. The molecule has 3 heteroatoms. The van der Waals surface area contributed by atoms with Crippen LogP contribution in [0.5, 0.6) is 0 Å². The molecular formula is C18H19Cl2N. The largest absolute Gasteiger partial charge is 0.378 e. The lowest BCUT2D eigenvalue weighted by atomic mass is 9.86. The van der Waals surface area contributed by atoms with Crippen molar-refractivity contribution >= 4 is 28.9 Å². The fraction of sp³-hybridized carbons (Fsp3) is 0.333. The highest BCUT2D eigenvalue weighted by molar-refractivity contribution is 6.42. The van der Waals surface area contributed by atoms with Crippen LogP contribution in [-0.4, -0.2) is 0 Å². The van der Waals surface area contributed by atoms with Gasteiger partial charge in [0.25, 0.3) is 0 Å². The van der Waals surface area contributed by atoms with Crippen molar-refractivity contribution in [3.63, 3.8) is 0 Å². The van der Waals surface area contributed by atoms with E-state index in [1.54, 1.807) is 0 Å². The smallest absolute Gasteiger partial charge is 0.0613 e. The van der Waals surface area contributed by atoms with Crippen LogP contribution in [0.1, 0.15) is 43.5 Å². The van der Waals surface area contributed by atoms with Gasteiger partial charge in [-0.15, -0.1) is 0 Å². The molecule has 1 unspecified atom stereocenters. The molecule has 21 heavy (non-hydrogen) atoms. The third kappa shape index (κ3) is 2.90. The third-order valence-corrected chi connectivity index (χ3v) is 4.80. The van der Waals surface area contributed by atoms with E-state index in [4.69, 9.17) is 23.2 Å². The van der Waals surface area contributed by atoms with Gasteiger partial charge in [0.1, 0.15) is 0 Å². The van der Waals surface area contributed by atoms with E-state index in [9.17, 15) is 0 Å². The first-order valence-electron chi connectivity index (χ1n) is 7.19. The van der Waals surface area contributed by atoms with E-state index in [2.05, 4.69) is 50.4 Å². The Balaban J connectivity index is 1.84. The molecule has 0 saturated heterocycles. The van der Waals surface area contributed by atoms with Gasteiger partial charge in [-0.05, 0) is 40.7 Å². The minimum absolute atomic E-state index is 0.186. The van der Waals surface area contributed by atoms with Gasteiger partial charge in [0, 0.05) is 5.69 Å². The third-order valence-electron chi connectivity index (χ3n) is 4.08. The number of anilines is 1. The number of halogens is 2. The molecule has 0 aromatic heterocycles. The van der Waals surface area contributed by atoms with Crippen LogP contribution in [0.2, 0.25) is 10.0 Å². The quantitative estimate of drug-likeness (QED) is 0.679. The van der Waals surface area contributed by atoms with Gasteiger partial charge in [-0.2, -0.15) is 0 Å². The van der Waals surface area contributed by atoms with Crippen LogP contribution in [0, 0.1) is 0 Å². The van der Waals surface area contributed by atoms with E-state index in [1.807, 2.05) is 12.1 Å². The SMILES string of the molecule is CC(C)(C)c1ccc(C2Cc3cc(Cl)c(Cl)cc3N2)cc1. The molecule has 0 amide bonds. The van der Waals surface area contributed by atoms with E-state index in [1.165, 1.54) is 16.7 Å². The average molecular weight is 320 g/mol. The van der Waals surface area contributed by atoms with Gasteiger partial charge in [-0.25, -0.2) is 0 Å². The lowest BCUT2D eigenvalue weighted by molar-refractivity contribution is 0.589. The summed E-state index contributed by atoms with van der Waals surface area (Å²) >= 11 is 12.2. The maximum Gasteiger partial charge on any atom is 0.0613 e. The summed E-state index contributed by atoms with van der Waals surface area (Å²) in [7, 11) is 0. The predicted octanol–water partition coefficient (Wildman–Crippen LogP) is 6.00. The molecular weight excluding hydrogens is 301 g/mol. The summed E-state index contributed by atoms with van der Waals surface area (Å²) in [5.41, 5.74) is 5.16. The Morgan fingerprint density at radius 2 is 1.62 bits per heavy atom. The number of benzene rings is 2. The molecule has 0 fully saturated rings. The normalized spacial score (nSPS) is 17.5. The number of rotatable bonds is 1. The van der Waals surface area contributed by atoms with Crippen LogP contribution in [0.4, 0.5) is 5.69 Å². The first-order chi connectivity index (χ1) is 9.84. The minimum atomic E-state index is 0.186. The number of nitrogens with one attached hydrogen (secondary N) is 1. The van der Waals surface area contributed by atoms with Gasteiger partial charge in [-0.3, -0.25) is 0 Å². The fourth-order valence-electron chi connectivity index (χ4n) is 2.77. The van der Waals surface area contributed by atoms with E-state index in [0.717, 1.165) is 12.1 Å². The van der Waals surface area contributed by atoms with E-state index in [0.29, 0.717) is 16.1 Å². The van der Waals surface area contributed by atoms with Crippen molar-refractivity contribution < 1.29 is 0 Å². The van der Waals surface area contributed by atoms with Gasteiger partial charge < -0.3 is 5.32 Å². The van der Waals surface area contributed by atoms with Crippen LogP contribution in [0.25, 0.3) is 0 Å². The standard InChI is InChI=1S/C18H19Cl2N/c1-18(2,3)13-6-4-11(5-7-13)16-9-12-8-14(19)15(20)10-17(12)21-16/h4-8,10,16,21H,9H2,1-3H3. The highest BCUT2D eigenvalue weighted by Crippen LogP contribution is 2.39. The Kier molecular flexibility index (Phi) is 3.67. The highest BCUT2D eigenvalue weighted by atomic mass is 35.5. The zero-order chi connectivity index (χ0) is 15.2. The van der Waals surface area contributed by atoms with Crippen molar-refractivity contribution in [2.75, 3.05) is 5.32 Å².